The van der Waals surface area contributed by atoms with E-state index >= 15 is 0 Å². The number of halogens is 2. The largest absolute Gasteiger partial charge is 0.352 e. The van der Waals surface area contributed by atoms with Crippen LogP contribution >= 0.6 is 23.2 Å². The molecule has 0 atom stereocenters. The van der Waals surface area contributed by atoms with Crippen molar-refractivity contribution in [2.24, 2.45) is 5.73 Å². The molecular weight excluding hydrogens is 223 g/mol. The molecule has 0 fully saturated rings. The minimum atomic E-state index is -0.532. The van der Waals surface area contributed by atoms with Crippen molar-refractivity contribution in [3.8, 4) is 0 Å². The summed E-state index contributed by atoms with van der Waals surface area (Å²) in [6.07, 6.45) is 0.638. The first-order valence-corrected chi connectivity index (χ1v) is 4.82. The van der Waals surface area contributed by atoms with Gasteiger partial charge in [0.15, 0.2) is 0 Å². The van der Waals surface area contributed by atoms with Crippen molar-refractivity contribution in [1.29, 1.82) is 0 Å². The standard InChI is InChI=1S/C9H10Cl2N2O/c10-7-2-1-6(8(11)5-7)3-4-13-9(12)14/h1-2,5H,3-4H2,(H3,12,13,14). The number of carbonyl (C=O) groups excluding carboxylic acids is 1. The Kier molecular flexibility index (Phi) is 4.04. The molecule has 0 radical (unpaired) electrons. The van der Waals surface area contributed by atoms with Crippen LogP contribution in [0.15, 0.2) is 18.2 Å². The summed E-state index contributed by atoms with van der Waals surface area (Å²) in [7, 11) is 0. The first-order chi connectivity index (χ1) is 6.59. The molecule has 0 saturated carbocycles. The third kappa shape index (κ3) is 3.44. The van der Waals surface area contributed by atoms with E-state index in [0.29, 0.717) is 23.0 Å². The summed E-state index contributed by atoms with van der Waals surface area (Å²) in [6, 6.07) is 4.72. The SMILES string of the molecule is NC(=O)NCCc1ccc(Cl)cc1Cl. The average molecular weight is 233 g/mol. The quantitative estimate of drug-likeness (QED) is 0.826. The highest BCUT2D eigenvalue weighted by Gasteiger charge is 2.01. The summed E-state index contributed by atoms with van der Waals surface area (Å²) in [4.78, 5) is 10.4. The normalized spacial score (nSPS) is 9.86. The molecule has 2 amide bonds. The lowest BCUT2D eigenvalue weighted by molar-refractivity contribution is 0.249. The second-order valence-electron chi connectivity index (χ2n) is 2.78. The minimum absolute atomic E-state index is 0.469. The van der Waals surface area contributed by atoms with Crippen molar-refractivity contribution in [2.75, 3.05) is 6.54 Å². The van der Waals surface area contributed by atoms with Crippen molar-refractivity contribution in [3.05, 3.63) is 33.8 Å². The number of primary amides is 1. The highest BCUT2D eigenvalue weighted by molar-refractivity contribution is 6.35. The van der Waals surface area contributed by atoms with Gasteiger partial charge >= 0.3 is 6.03 Å². The van der Waals surface area contributed by atoms with Crippen LogP contribution < -0.4 is 11.1 Å². The topological polar surface area (TPSA) is 55.1 Å². The second-order valence-corrected chi connectivity index (χ2v) is 3.62. The van der Waals surface area contributed by atoms with Crippen molar-refractivity contribution in [2.45, 2.75) is 6.42 Å². The number of hydrogen-bond acceptors (Lipinski definition) is 1. The Labute approximate surface area is 92.2 Å². The minimum Gasteiger partial charge on any atom is -0.352 e. The number of nitrogens with two attached hydrogens (primary N) is 1. The molecule has 0 aromatic heterocycles. The van der Waals surface area contributed by atoms with Crippen LogP contribution in [0.4, 0.5) is 4.79 Å². The molecular formula is C9H10Cl2N2O. The maximum absolute atomic E-state index is 10.4. The summed E-state index contributed by atoms with van der Waals surface area (Å²) in [5, 5.41) is 3.68. The monoisotopic (exact) mass is 232 g/mol. The molecule has 0 aliphatic heterocycles. The predicted molar refractivity (Wildman–Crippen MR) is 57.8 cm³/mol. The van der Waals surface area contributed by atoms with Crippen LogP contribution in [0, 0.1) is 0 Å². The van der Waals surface area contributed by atoms with Gasteiger partial charge in [-0.25, -0.2) is 4.79 Å². The number of hydrogen-bond donors (Lipinski definition) is 2. The maximum Gasteiger partial charge on any atom is 0.312 e. The average Bonchev–Trinajstić information content (AvgIpc) is 2.08. The van der Waals surface area contributed by atoms with Crippen molar-refractivity contribution in [1.82, 2.24) is 5.32 Å². The fourth-order valence-corrected chi connectivity index (χ4v) is 1.55. The predicted octanol–water partition coefficient (Wildman–Crippen LogP) is 2.20. The van der Waals surface area contributed by atoms with Crippen LogP contribution in [0.5, 0.6) is 0 Å². The van der Waals surface area contributed by atoms with Gasteiger partial charge in [-0.05, 0) is 24.1 Å². The molecule has 1 aromatic carbocycles. The summed E-state index contributed by atoms with van der Waals surface area (Å²) in [5.74, 6) is 0. The van der Waals surface area contributed by atoms with Gasteiger partial charge in [0.1, 0.15) is 0 Å². The summed E-state index contributed by atoms with van der Waals surface area (Å²) in [5.41, 5.74) is 5.85. The third-order valence-corrected chi connectivity index (χ3v) is 2.30. The summed E-state index contributed by atoms with van der Waals surface area (Å²) < 4.78 is 0. The molecule has 0 heterocycles. The molecule has 0 aliphatic carbocycles. The van der Waals surface area contributed by atoms with Crippen molar-refractivity contribution >= 4 is 29.2 Å². The van der Waals surface area contributed by atoms with E-state index in [1.54, 1.807) is 12.1 Å². The number of urea groups is 1. The first-order valence-electron chi connectivity index (χ1n) is 4.07. The zero-order valence-electron chi connectivity index (χ0n) is 7.39. The Morgan fingerprint density at radius 1 is 1.43 bits per heavy atom. The second kappa shape index (κ2) is 5.08. The van der Waals surface area contributed by atoms with E-state index in [4.69, 9.17) is 28.9 Å². The van der Waals surface area contributed by atoms with Crippen LogP contribution in [-0.2, 0) is 6.42 Å². The van der Waals surface area contributed by atoms with E-state index in [1.807, 2.05) is 6.07 Å². The molecule has 1 rings (SSSR count). The highest BCUT2D eigenvalue weighted by atomic mass is 35.5. The fraction of sp³-hybridized carbons (Fsp3) is 0.222. The lowest BCUT2D eigenvalue weighted by atomic mass is 10.1. The number of nitrogens with one attached hydrogen (secondary N) is 1. The van der Waals surface area contributed by atoms with E-state index in [0.717, 1.165) is 5.56 Å². The van der Waals surface area contributed by atoms with Crippen LogP contribution in [0.25, 0.3) is 0 Å². The fourth-order valence-electron chi connectivity index (χ4n) is 1.04. The zero-order valence-corrected chi connectivity index (χ0v) is 8.90. The third-order valence-electron chi connectivity index (χ3n) is 1.71. The van der Waals surface area contributed by atoms with Crippen LogP contribution in [-0.4, -0.2) is 12.6 Å². The van der Waals surface area contributed by atoms with E-state index in [1.165, 1.54) is 0 Å². The number of benzene rings is 1. The molecule has 0 unspecified atom stereocenters. The summed E-state index contributed by atoms with van der Waals surface area (Å²) >= 11 is 11.6. The van der Waals surface area contributed by atoms with Gasteiger partial charge in [-0.3, -0.25) is 0 Å². The molecule has 3 nitrogen and oxygen atoms in total. The van der Waals surface area contributed by atoms with Gasteiger partial charge in [0, 0.05) is 16.6 Å². The first kappa shape index (κ1) is 11.1. The van der Waals surface area contributed by atoms with E-state index in [2.05, 4.69) is 5.32 Å². The molecule has 5 heteroatoms. The Morgan fingerprint density at radius 2 is 2.14 bits per heavy atom. The maximum atomic E-state index is 10.4. The molecule has 0 aliphatic rings. The Morgan fingerprint density at radius 3 is 2.71 bits per heavy atom. The molecule has 1 aromatic rings. The molecule has 76 valence electrons. The zero-order chi connectivity index (χ0) is 10.6. The Hall–Kier alpha value is -0.930. The number of carbonyl (C=O) groups is 1. The van der Waals surface area contributed by atoms with Gasteiger partial charge in [0.25, 0.3) is 0 Å². The lowest BCUT2D eigenvalue weighted by Gasteiger charge is -2.04. The highest BCUT2D eigenvalue weighted by Crippen LogP contribution is 2.20. The Balaban J connectivity index is 2.55. The van der Waals surface area contributed by atoms with Gasteiger partial charge in [0.2, 0.25) is 0 Å². The summed E-state index contributed by atoms with van der Waals surface area (Å²) in [6.45, 7) is 0.469. The van der Waals surface area contributed by atoms with Gasteiger partial charge in [-0.15, -0.1) is 0 Å². The van der Waals surface area contributed by atoms with Crippen LogP contribution in [0.2, 0.25) is 10.0 Å². The van der Waals surface area contributed by atoms with Gasteiger partial charge in [-0.2, -0.15) is 0 Å². The van der Waals surface area contributed by atoms with Crippen LogP contribution in [0.1, 0.15) is 5.56 Å². The molecule has 0 bridgehead atoms. The molecule has 0 saturated heterocycles. The van der Waals surface area contributed by atoms with Gasteiger partial charge < -0.3 is 11.1 Å². The van der Waals surface area contributed by atoms with Crippen LogP contribution in [0.3, 0.4) is 0 Å². The van der Waals surface area contributed by atoms with E-state index in [-0.39, 0.29) is 0 Å². The number of rotatable bonds is 3. The van der Waals surface area contributed by atoms with Gasteiger partial charge in [-0.1, -0.05) is 29.3 Å². The lowest BCUT2D eigenvalue weighted by Crippen LogP contribution is -2.30. The smallest absolute Gasteiger partial charge is 0.312 e. The Bertz CT molecular complexity index is 342. The van der Waals surface area contributed by atoms with Gasteiger partial charge in [0.05, 0.1) is 0 Å². The molecule has 14 heavy (non-hydrogen) atoms. The number of amides is 2. The van der Waals surface area contributed by atoms with Crippen molar-refractivity contribution < 1.29 is 4.79 Å². The van der Waals surface area contributed by atoms with E-state index in [9.17, 15) is 4.79 Å². The van der Waals surface area contributed by atoms with Crippen molar-refractivity contribution in [3.63, 3.8) is 0 Å². The molecule has 0 spiro atoms. The van der Waals surface area contributed by atoms with E-state index < -0.39 is 6.03 Å². The molecule has 3 N–H and O–H groups in total.